The zero-order valence-electron chi connectivity index (χ0n) is 9.70. The van der Waals surface area contributed by atoms with Gasteiger partial charge in [0.1, 0.15) is 11.6 Å². The van der Waals surface area contributed by atoms with E-state index >= 15 is 0 Å². The van der Waals surface area contributed by atoms with E-state index in [0.29, 0.717) is 5.56 Å². The molecular formula is C13H11ClF3NO. The van der Waals surface area contributed by atoms with Gasteiger partial charge in [-0.25, -0.2) is 8.78 Å². The standard InChI is InChI=1S/C13H10F3NO.ClH/c14-10-2-1-3-12(13(10)16)18-9-5-4-8(7-17)11(15)6-9;/h1-6H,7,17H2;1H. The van der Waals surface area contributed by atoms with Crippen LogP contribution in [0.4, 0.5) is 13.2 Å². The molecule has 2 N–H and O–H groups in total. The van der Waals surface area contributed by atoms with Gasteiger partial charge in [-0.1, -0.05) is 12.1 Å². The molecule has 0 heterocycles. The summed E-state index contributed by atoms with van der Waals surface area (Å²) in [5.41, 5.74) is 5.63. The lowest BCUT2D eigenvalue weighted by molar-refractivity contribution is 0.413. The smallest absolute Gasteiger partial charge is 0.201 e. The van der Waals surface area contributed by atoms with Gasteiger partial charge in [0, 0.05) is 18.2 Å². The zero-order valence-corrected chi connectivity index (χ0v) is 10.5. The molecule has 0 spiro atoms. The molecule has 2 aromatic rings. The third-order valence-electron chi connectivity index (χ3n) is 2.39. The van der Waals surface area contributed by atoms with Crippen molar-refractivity contribution in [2.24, 2.45) is 5.73 Å². The van der Waals surface area contributed by atoms with Crippen LogP contribution >= 0.6 is 12.4 Å². The van der Waals surface area contributed by atoms with E-state index in [-0.39, 0.29) is 30.5 Å². The zero-order chi connectivity index (χ0) is 13.1. The predicted octanol–water partition coefficient (Wildman–Crippen LogP) is 3.78. The first-order valence-electron chi connectivity index (χ1n) is 5.22. The highest BCUT2D eigenvalue weighted by Crippen LogP contribution is 2.26. The number of benzene rings is 2. The first-order chi connectivity index (χ1) is 8.61. The van der Waals surface area contributed by atoms with Gasteiger partial charge in [-0.05, 0) is 18.2 Å². The van der Waals surface area contributed by atoms with Crippen molar-refractivity contribution in [3.05, 3.63) is 59.4 Å². The van der Waals surface area contributed by atoms with Gasteiger partial charge in [0.05, 0.1) is 0 Å². The first-order valence-corrected chi connectivity index (χ1v) is 5.22. The second-order valence-electron chi connectivity index (χ2n) is 3.61. The summed E-state index contributed by atoms with van der Waals surface area (Å²) in [6.07, 6.45) is 0. The highest BCUT2D eigenvalue weighted by molar-refractivity contribution is 5.85. The molecule has 0 aliphatic carbocycles. The van der Waals surface area contributed by atoms with Crippen LogP contribution in [-0.4, -0.2) is 0 Å². The molecule has 0 saturated carbocycles. The van der Waals surface area contributed by atoms with Crippen LogP contribution in [0.5, 0.6) is 11.5 Å². The van der Waals surface area contributed by atoms with Crippen molar-refractivity contribution in [1.29, 1.82) is 0 Å². The minimum absolute atomic E-state index is 0. The van der Waals surface area contributed by atoms with Gasteiger partial charge >= 0.3 is 0 Å². The fraction of sp³-hybridized carbons (Fsp3) is 0.0769. The van der Waals surface area contributed by atoms with Gasteiger partial charge in [-0.2, -0.15) is 4.39 Å². The van der Waals surface area contributed by atoms with Crippen LogP contribution in [0.3, 0.4) is 0 Å². The summed E-state index contributed by atoms with van der Waals surface area (Å²) in [6.45, 7) is 0.0560. The minimum Gasteiger partial charge on any atom is -0.454 e. The van der Waals surface area contributed by atoms with Gasteiger partial charge in [0.25, 0.3) is 0 Å². The molecule has 0 saturated heterocycles. The molecule has 0 radical (unpaired) electrons. The lowest BCUT2D eigenvalue weighted by atomic mass is 10.2. The van der Waals surface area contributed by atoms with E-state index in [4.69, 9.17) is 10.5 Å². The van der Waals surface area contributed by atoms with Gasteiger partial charge in [0.15, 0.2) is 11.6 Å². The maximum absolute atomic E-state index is 13.4. The molecule has 0 aliphatic rings. The lowest BCUT2D eigenvalue weighted by Gasteiger charge is -2.08. The summed E-state index contributed by atoms with van der Waals surface area (Å²) in [7, 11) is 0. The Morgan fingerprint density at radius 2 is 1.74 bits per heavy atom. The number of hydrogen-bond acceptors (Lipinski definition) is 2. The maximum atomic E-state index is 13.4. The predicted molar refractivity (Wildman–Crippen MR) is 68.0 cm³/mol. The van der Waals surface area contributed by atoms with Gasteiger partial charge in [-0.3, -0.25) is 0 Å². The SMILES string of the molecule is Cl.NCc1ccc(Oc2cccc(F)c2F)cc1F. The van der Waals surface area contributed by atoms with Crippen LogP contribution in [-0.2, 0) is 6.54 Å². The molecule has 0 unspecified atom stereocenters. The van der Waals surface area contributed by atoms with E-state index in [2.05, 4.69) is 0 Å². The van der Waals surface area contributed by atoms with Gasteiger partial charge in [0.2, 0.25) is 5.82 Å². The third kappa shape index (κ3) is 3.39. The van der Waals surface area contributed by atoms with Crippen LogP contribution in [0, 0.1) is 17.5 Å². The lowest BCUT2D eigenvalue weighted by Crippen LogP contribution is -2.00. The molecule has 0 bridgehead atoms. The Kier molecular flexibility index (Phi) is 5.20. The Labute approximate surface area is 114 Å². The number of ether oxygens (including phenoxy) is 1. The van der Waals surface area contributed by atoms with E-state index in [1.165, 1.54) is 24.3 Å². The Morgan fingerprint density at radius 1 is 1.00 bits per heavy atom. The van der Waals surface area contributed by atoms with Crippen molar-refractivity contribution < 1.29 is 17.9 Å². The monoisotopic (exact) mass is 289 g/mol. The van der Waals surface area contributed by atoms with Crippen molar-refractivity contribution >= 4 is 12.4 Å². The molecule has 2 rings (SSSR count). The second-order valence-corrected chi connectivity index (χ2v) is 3.61. The van der Waals surface area contributed by atoms with Crippen molar-refractivity contribution in [2.45, 2.75) is 6.54 Å². The van der Waals surface area contributed by atoms with E-state index < -0.39 is 17.5 Å². The molecular weight excluding hydrogens is 279 g/mol. The third-order valence-corrected chi connectivity index (χ3v) is 2.39. The van der Waals surface area contributed by atoms with Crippen molar-refractivity contribution in [3.8, 4) is 11.5 Å². The fourth-order valence-corrected chi connectivity index (χ4v) is 1.45. The fourth-order valence-electron chi connectivity index (χ4n) is 1.45. The summed E-state index contributed by atoms with van der Waals surface area (Å²) in [6, 6.07) is 7.48. The Morgan fingerprint density at radius 3 is 2.37 bits per heavy atom. The molecule has 0 amide bonds. The number of hydrogen-bond donors (Lipinski definition) is 1. The van der Waals surface area contributed by atoms with E-state index in [9.17, 15) is 13.2 Å². The molecule has 0 aromatic heterocycles. The van der Waals surface area contributed by atoms with Crippen LogP contribution in [0.1, 0.15) is 5.56 Å². The molecule has 0 fully saturated rings. The van der Waals surface area contributed by atoms with E-state index in [1.807, 2.05) is 0 Å². The molecule has 0 aliphatic heterocycles. The number of rotatable bonds is 3. The molecule has 102 valence electrons. The molecule has 6 heteroatoms. The van der Waals surface area contributed by atoms with Crippen molar-refractivity contribution in [2.75, 3.05) is 0 Å². The molecule has 2 nitrogen and oxygen atoms in total. The first kappa shape index (κ1) is 15.3. The Balaban J connectivity index is 0.00000180. The molecule has 0 atom stereocenters. The van der Waals surface area contributed by atoms with Crippen LogP contribution in [0.2, 0.25) is 0 Å². The summed E-state index contributed by atoms with van der Waals surface area (Å²) in [5.74, 6) is -2.90. The Hall–Kier alpha value is -1.72. The summed E-state index contributed by atoms with van der Waals surface area (Å²) in [5, 5.41) is 0. The highest BCUT2D eigenvalue weighted by Gasteiger charge is 2.10. The molecule has 19 heavy (non-hydrogen) atoms. The number of nitrogens with two attached hydrogens (primary N) is 1. The largest absolute Gasteiger partial charge is 0.454 e. The van der Waals surface area contributed by atoms with E-state index in [1.54, 1.807) is 0 Å². The normalized spacial score (nSPS) is 9.89. The van der Waals surface area contributed by atoms with Crippen LogP contribution in [0.25, 0.3) is 0 Å². The van der Waals surface area contributed by atoms with Gasteiger partial charge in [-0.15, -0.1) is 12.4 Å². The number of halogens is 4. The van der Waals surface area contributed by atoms with Crippen LogP contribution in [0.15, 0.2) is 36.4 Å². The maximum Gasteiger partial charge on any atom is 0.201 e. The average Bonchev–Trinajstić information content (AvgIpc) is 2.35. The second kappa shape index (κ2) is 6.45. The van der Waals surface area contributed by atoms with Crippen LogP contribution < -0.4 is 10.5 Å². The minimum atomic E-state index is -1.11. The molecule has 2 aromatic carbocycles. The van der Waals surface area contributed by atoms with Crippen molar-refractivity contribution in [1.82, 2.24) is 0 Å². The summed E-state index contributed by atoms with van der Waals surface area (Å²) in [4.78, 5) is 0. The Bertz CT molecular complexity index is 578. The topological polar surface area (TPSA) is 35.2 Å². The quantitative estimate of drug-likeness (QED) is 0.933. The van der Waals surface area contributed by atoms with Gasteiger partial charge < -0.3 is 10.5 Å². The average molecular weight is 290 g/mol. The van der Waals surface area contributed by atoms with Crippen molar-refractivity contribution in [3.63, 3.8) is 0 Å². The summed E-state index contributed by atoms with van der Waals surface area (Å²) < 4.78 is 44.7. The van der Waals surface area contributed by atoms with E-state index in [0.717, 1.165) is 12.1 Å². The summed E-state index contributed by atoms with van der Waals surface area (Å²) >= 11 is 0. The highest BCUT2D eigenvalue weighted by atomic mass is 35.5.